The van der Waals surface area contributed by atoms with Crippen LogP contribution in [0.4, 0.5) is 0 Å². The fourth-order valence-corrected chi connectivity index (χ4v) is 4.10. The zero-order valence-corrected chi connectivity index (χ0v) is 18.4. The molecule has 168 valence electrons. The summed E-state index contributed by atoms with van der Waals surface area (Å²) >= 11 is 0. The first-order chi connectivity index (χ1) is 15.1. The van der Waals surface area contributed by atoms with E-state index in [1.165, 1.54) is 17.7 Å². The number of para-hydroxylation sites is 1. The molecule has 0 aliphatic carbocycles. The van der Waals surface area contributed by atoms with Crippen LogP contribution in [0.1, 0.15) is 25.7 Å². The minimum absolute atomic E-state index is 0.0422. The molecule has 2 aromatic heterocycles. The number of fused-ring (bicyclic) bond motifs is 1. The summed E-state index contributed by atoms with van der Waals surface area (Å²) in [6, 6.07) is 8.09. The number of hydrogen-bond donors (Lipinski definition) is 3. The topological polar surface area (TPSA) is 158 Å². The van der Waals surface area contributed by atoms with Crippen LogP contribution in [-0.4, -0.2) is 50.1 Å². The van der Waals surface area contributed by atoms with Crippen molar-refractivity contribution in [1.82, 2.24) is 24.3 Å². The lowest BCUT2D eigenvalue weighted by Crippen LogP contribution is -2.18. The van der Waals surface area contributed by atoms with Gasteiger partial charge in [0.2, 0.25) is 10.0 Å². The number of ether oxygens (including phenoxy) is 1. The zero-order chi connectivity index (χ0) is 23.2. The van der Waals surface area contributed by atoms with Gasteiger partial charge in [-0.1, -0.05) is 6.07 Å². The van der Waals surface area contributed by atoms with Crippen molar-refractivity contribution < 1.29 is 23.4 Å². The molecule has 4 aromatic rings. The number of aromatic hydroxyl groups is 2. The van der Waals surface area contributed by atoms with Gasteiger partial charge >= 0.3 is 0 Å². The third-order valence-corrected chi connectivity index (χ3v) is 5.64. The van der Waals surface area contributed by atoms with Crippen LogP contribution < -0.4 is 9.88 Å². The highest BCUT2D eigenvalue weighted by Crippen LogP contribution is 2.39. The number of rotatable bonds is 6. The van der Waals surface area contributed by atoms with Gasteiger partial charge in [-0.2, -0.15) is 0 Å². The smallest absolute Gasteiger partial charge is 0.216 e. The van der Waals surface area contributed by atoms with Crippen LogP contribution in [0.25, 0.3) is 28.1 Å². The molecular weight excluding hydrogens is 436 g/mol. The van der Waals surface area contributed by atoms with Crippen LogP contribution in [0.2, 0.25) is 0 Å². The van der Waals surface area contributed by atoms with Crippen molar-refractivity contribution in [1.29, 1.82) is 0 Å². The van der Waals surface area contributed by atoms with Crippen LogP contribution in [-0.2, 0) is 15.8 Å². The van der Waals surface area contributed by atoms with Crippen LogP contribution in [0.15, 0.2) is 36.7 Å². The Bertz CT molecular complexity index is 1420. The van der Waals surface area contributed by atoms with Gasteiger partial charge in [-0.05, 0) is 32.0 Å². The van der Waals surface area contributed by atoms with E-state index in [4.69, 9.17) is 9.88 Å². The highest BCUT2D eigenvalue weighted by atomic mass is 32.2. The van der Waals surface area contributed by atoms with Crippen LogP contribution in [0, 0.1) is 0 Å². The van der Waals surface area contributed by atoms with E-state index in [9.17, 15) is 18.6 Å². The average molecular weight is 459 g/mol. The minimum Gasteiger partial charge on any atom is -0.507 e. The zero-order valence-electron chi connectivity index (χ0n) is 17.6. The Morgan fingerprint density at radius 1 is 1.16 bits per heavy atom. The van der Waals surface area contributed by atoms with E-state index >= 15 is 0 Å². The molecule has 0 fully saturated rings. The number of sulfonamides is 1. The third-order valence-electron chi connectivity index (χ3n) is 4.98. The molecule has 0 radical (unpaired) electrons. The molecular formula is C20H22N6O5S. The van der Waals surface area contributed by atoms with Crippen molar-refractivity contribution in [2.24, 2.45) is 5.14 Å². The van der Waals surface area contributed by atoms with Gasteiger partial charge in [0.15, 0.2) is 23.1 Å². The molecule has 32 heavy (non-hydrogen) atoms. The summed E-state index contributed by atoms with van der Waals surface area (Å²) in [6.07, 6.45) is 1.70. The summed E-state index contributed by atoms with van der Waals surface area (Å²) in [5, 5.41) is 33.9. The van der Waals surface area contributed by atoms with Gasteiger partial charge in [-0.3, -0.25) is 4.57 Å². The van der Waals surface area contributed by atoms with Gasteiger partial charge in [0.25, 0.3) is 0 Å². The number of hydrogen-bond acceptors (Lipinski definition) is 8. The maximum atomic E-state index is 11.9. The van der Waals surface area contributed by atoms with Gasteiger partial charge < -0.3 is 19.5 Å². The molecule has 2 aromatic carbocycles. The fraction of sp³-hybridized carbons (Fsp3) is 0.250. The molecule has 0 saturated heterocycles. The van der Waals surface area contributed by atoms with Crippen molar-refractivity contribution in [2.75, 3.05) is 7.11 Å². The summed E-state index contributed by atoms with van der Waals surface area (Å²) in [5.74, 6) is -0.868. The molecule has 0 atom stereocenters. The van der Waals surface area contributed by atoms with Crippen LogP contribution in [0.3, 0.4) is 0 Å². The van der Waals surface area contributed by atoms with Crippen molar-refractivity contribution in [3.8, 4) is 34.3 Å². The van der Waals surface area contributed by atoms with E-state index in [-0.39, 0.29) is 40.5 Å². The predicted molar refractivity (Wildman–Crippen MR) is 117 cm³/mol. The second-order valence-corrected chi connectivity index (χ2v) is 9.13. The predicted octanol–water partition coefficient (Wildman–Crippen LogP) is 2.07. The number of nitrogens with two attached hydrogens (primary N) is 1. The molecule has 0 unspecified atom stereocenters. The molecule has 0 spiro atoms. The molecule has 0 bridgehead atoms. The second-order valence-electron chi connectivity index (χ2n) is 7.51. The van der Waals surface area contributed by atoms with Gasteiger partial charge in [0, 0.05) is 12.1 Å². The van der Waals surface area contributed by atoms with Crippen LogP contribution in [0.5, 0.6) is 17.2 Å². The lowest BCUT2D eigenvalue weighted by molar-refractivity contribution is 0.370. The van der Waals surface area contributed by atoms with Crippen molar-refractivity contribution in [3.05, 3.63) is 42.5 Å². The average Bonchev–Trinajstić information content (AvgIpc) is 3.31. The van der Waals surface area contributed by atoms with E-state index < -0.39 is 15.8 Å². The molecule has 4 rings (SSSR count). The Hall–Kier alpha value is -3.64. The van der Waals surface area contributed by atoms with Crippen molar-refractivity contribution in [2.45, 2.75) is 25.6 Å². The maximum absolute atomic E-state index is 11.9. The second kappa shape index (κ2) is 7.80. The monoisotopic (exact) mass is 458 g/mol. The Balaban J connectivity index is 2.04. The molecule has 0 aliphatic heterocycles. The van der Waals surface area contributed by atoms with Crippen molar-refractivity contribution >= 4 is 21.1 Å². The molecule has 2 heterocycles. The summed E-state index contributed by atoms with van der Waals surface area (Å²) in [5.41, 5.74) is 2.09. The Morgan fingerprint density at radius 2 is 1.91 bits per heavy atom. The van der Waals surface area contributed by atoms with Gasteiger partial charge in [-0.25, -0.2) is 18.5 Å². The van der Waals surface area contributed by atoms with E-state index in [0.29, 0.717) is 11.2 Å². The largest absolute Gasteiger partial charge is 0.507 e. The Morgan fingerprint density at radius 3 is 2.56 bits per heavy atom. The molecule has 12 heteroatoms. The normalized spacial score (nSPS) is 12.0. The first-order valence-electron chi connectivity index (χ1n) is 9.61. The Labute approximate surface area is 183 Å². The van der Waals surface area contributed by atoms with Gasteiger partial charge in [-0.15, -0.1) is 10.2 Å². The summed E-state index contributed by atoms with van der Waals surface area (Å²) in [4.78, 5) is 4.52. The highest BCUT2D eigenvalue weighted by Gasteiger charge is 2.24. The Kier molecular flexibility index (Phi) is 5.26. The van der Waals surface area contributed by atoms with E-state index in [1.807, 2.05) is 24.5 Å². The molecule has 0 saturated carbocycles. The van der Waals surface area contributed by atoms with Gasteiger partial charge in [0.1, 0.15) is 17.0 Å². The van der Waals surface area contributed by atoms with E-state index in [1.54, 1.807) is 18.5 Å². The lowest BCUT2D eigenvalue weighted by atomic mass is 10.1. The molecule has 0 aliphatic rings. The molecule has 11 nitrogen and oxygen atoms in total. The van der Waals surface area contributed by atoms with Crippen molar-refractivity contribution in [3.63, 3.8) is 0 Å². The number of aromatic nitrogens is 5. The fourth-order valence-electron chi connectivity index (χ4n) is 3.55. The number of imidazole rings is 1. The number of phenolic OH excluding ortho intramolecular Hbond substituents is 2. The lowest BCUT2D eigenvalue weighted by Gasteiger charge is -2.14. The number of phenols is 2. The summed E-state index contributed by atoms with van der Waals surface area (Å²) < 4.78 is 32.3. The number of primary sulfonamides is 1. The first kappa shape index (κ1) is 21.6. The molecule has 4 N–H and O–H groups in total. The standard InChI is InChI=1S/C20H22N6O5S/c1-11(2)25-10-22-19-13(25)5-4-6-14(19)26-18(9-32(21,29)30)23-24-20(26)12-7-17(31-3)16(28)8-15(12)27/h4-8,10-11,27-28H,9H2,1-3H3,(H2,21,29,30). The number of methoxy groups -OCH3 is 1. The van der Waals surface area contributed by atoms with E-state index in [2.05, 4.69) is 15.2 Å². The minimum atomic E-state index is -3.94. The number of nitrogens with zero attached hydrogens (tertiary/aromatic N) is 5. The maximum Gasteiger partial charge on any atom is 0.216 e. The third kappa shape index (κ3) is 3.74. The quantitative estimate of drug-likeness (QED) is 0.396. The summed E-state index contributed by atoms with van der Waals surface area (Å²) in [7, 11) is -2.58. The first-order valence-corrected chi connectivity index (χ1v) is 11.3. The number of benzene rings is 2. The van der Waals surface area contributed by atoms with Gasteiger partial charge in [0.05, 0.1) is 30.2 Å². The highest BCUT2D eigenvalue weighted by molar-refractivity contribution is 7.88. The van der Waals surface area contributed by atoms with Crippen LogP contribution >= 0.6 is 0 Å². The SMILES string of the molecule is COc1cc(-c2nnc(CS(N)(=O)=O)n2-c2cccc3c2ncn3C(C)C)c(O)cc1O. The molecule has 0 amide bonds. The summed E-state index contributed by atoms with van der Waals surface area (Å²) in [6.45, 7) is 4.04. The van der Waals surface area contributed by atoms with E-state index in [0.717, 1.165) is 11.6 Å².